The van der Waals surface area contributed by atoms with Crippen molar-refractivity contribution in [2.75, 3.05) is 6.54 Å². The third-order valence-corrected chi connectivity index (χ3v) is 4.99. The summed E-state index contributed by atoms with van der Waals surface area (Å²) in [6.07, 6.45) is 3.29. The largest absolute Gasteiger partial charge is 0.464 e. The van der Waals surface area contributed by atoms with Gasteiger partial charge in [-0.3, -0.25) is 4.79 Å². The molecule has 0 N–H and O–H groups in total. The van der Waals surface area contributed by atoms with Crippen LogP contribution in [0.15, 0.2) is 27.4 Å². The van der Waals surface area contributed by atoms with Gasteiger partial charge in [-0.2, -0.15) is 0 Å². The third-order valence-electron chi connectivity index (χ3n) is 4.35. The molecule has 0 unspecified atom stereocenters. The van der Waals surface area contributed by atoms with Gasteiger partial charge in [-0.15, -0.1) is 11.3 Å². The number of piperidine rings is 1. The minimum absolute atomic E-state index is 0.0837. The van der Waals surface area contributed by atoms with Gasteiger partial charge in [0, 0.05) is 18.3 Å². The van der Waals surface area contributed by atoms with Gasteiger partial charge in [0.15, 0.2) is 0 Å². The first-order chi connectivity index (χ1) is 10.6. The normalized spacial score (nSPS) is 22.0. The smallest absolute Gasteiger partial charge is 0.223 e. The van der Waals surface area contributed by atoms with Crippen molar-refractivity contribution in [3.63, 3.8) is 0 Å². The van der Waals surface area contributed by atoms with Gasteiger partial charge in [0.1, 0.15) is 11.5 Å². The van der Waals surface area contributed by atoms with Crippen LogP contribution in [0.3, 0.4) is 0 Å². The zero-order valence-electron chi connectivity index (χ0n) is 13.1. The van der Waals surface area contributed by atoms with Crippen molar-refractivity contribution in [2.24, 2.45) is 5.92 Å². The van der Waals surface area contributed by atoms with E-state index in [0.717, 1.165) is 43.0 Å². The Hall–Kier alpha value is -1.62. The quantitative estimate of drug-likeness (QED) is 0.856. The third kappa shape index (κ3) is 3.40. The van der Waals surface area contributed by atoms with E-state index >= 15 is 0 Å². The molecule has 0 aromatic carbocycles. The number of rotatable bonds is 4. The van der Waals surface area contributed by atoms with E-state index in [9.17, 15) is 4.79 Å². The number of thiazole rings is 1. The molecule has 0 bridgehead atoms. The molecule has 3 rings (SSSR count). The van der Waals surface area contributed by atoms with Crippen LogP contribution in [0.2, 0.25) is 0 Å². The maximum Gasteiger partial charge on any atom is 0.223 e. The lowest BCUT2D eigenvalue weighted by Crippen LogP contribution is -2.40. The van der Waals surface area contributed by atoms with Gasteiger partial charge in [-0.1, -0.05) is 6.92 Å². The molecule has 0 aliphatic carbocycles. The highest BCUT2D eigenvalue weighted by Crippen LogP contribution is 2.35. The SMILES string of the molecule is Cc1ccc([C@@H]2C[C@@H](C)CCN2C(=O)CCc2cscn2)o1. The summed E-state index contributed by atoms with van der Waals surface area (Å²) in [6, 6.07) is 4.08. The standard InChI is InChI=1S/C17H22N2O2S/c1-12-7-8-19(15(9-12)16-5-3-13(2)21-16)17(20)6-4-14-10-22-11-18-14/h3,5,10-12,15H,4,6-9H2,1-2H3/t12-,15-/m0/s1. The van der Waals surface area contributed by atoms with Crippen LogP contribution in [0.1, 0.15) is 49.4 Å². The van der Waals surface area contributed by atoms with Gasteiger partial charge >= 0.3 is 0 Å². The molecule has 3 heterocycles. The fourth-order valence-electron chi connectivity index (χ4n) is 3.08. The number of hydrogen-bond acceptors (Lipinski definition) is 4. The Morgan fingerprint density at radius 3 is 3.05 bits per heavy atom. The van der Waals surface area contributed by atoms with E-state index in [4.69, 9.17) is 4.42 Å². The van der Waals surface area contributed by atoms with E-state index in [1.807, 2.05) is 34.8 Å². The van der Waals surface area contributed by atoms with Gasteiger partial charge in [0.05, 0.1) is 17.2 Å². The Kier molecular flexibility index (Phi) is 4.62. The van der Waals surface area contributed by atoms with Crippen molar-refractivity contribution in [1.82, 2.24) is 9.88 Å². The summed E-state index contributed by atoms with van der Waals surface area (Å²) in [5.41, 5.74) is 2.82. The summed E-state index contributed by atoms with van der Waals surface area (Å²) in [7, 11) is 0. The van der Waals surface area contributed by atoms with Gasteiger partial charge < -0.3 is 9.32 Å². The number of carbonyl (C=O) groups is 1. The number of carbonyl (C=O) groups excluding carboxylic acids is 1. The highest BCUT2D eigenvalue weighted by Gasteiger charge is 2.32. The molecule has 1 saturated heterocycles. The van der Waals surface area contributed by atoms with Gasteiger partial charge in [0.2, 0.25) is 5.91 Å². The molecule has 4 nitrogen and oxygen atoms in total. The molecule has 0 spiro atoms. The topological polar surface area (TPSA) is 46.3 Å². The van der Waals surface area contributed by atoms with Crippen LogP contribution in [0.5, 0.6) is 0 Å². The second-order valence-electron chi connectivity index (χ2n) is 6.16. The molecule has 2 atom stereocenters. The predicted molar refractivity (Wildman–Crippen MR) is 86.7 cm³/mol. The molecule has 1 fully saturated rings. The molecule has 118 valence electrons. The molecule has 0 radical (unpaired) electrons. The van der Waals surface area contributed by atoms with Crippen molar-refractivity contribution in [3.8, 4) is 0 Å². The highest BCUT2D eigenvalue weighted by molar-refractivity contribution is 7.07. The van der Waals surface area contributed by atoms with Crippen LogP contribution in [-0.2, 0) is 11.2 Å². The summed E-state index contributed by atoms with van der Waals surface area (Å²) >= 11 is 1.58. The number of likely N-dealkylation sites (tertiary alicyclic amines) is 1. The maximum atomic E-state index is 12.7. The summed E-state index contributed by atoms with van der Waals surface area (Å²) in [6.45, 7) is 5.02. The van der Waals surface area contributed by atoms with Crippen molar-refractivity contribution < 1.29 is 9.21 Å². The van der Waals surface area contributed by atoms with E-state index in [1.54, 1.807) is 11.3 Å². The molecular weight excluding hydrogens is 296 g/mol. The molecular formula is C17H22N2O2S. The predicted octanol–water partition coefficient (Wildman–Crippen LogP) is 3.98. The second-order valence-corrected chi connectivity index (χ2v) is 6.88. The lowest BCUT2D eigenvalue weighted by atomic mass is 9.90. The summed E-state index contributed by atoms with van der Waals surface area (Å²) in [5, 5.41) is 2.01. The van der Waals surface area contributed by atoms with Gasteiger partial charge in [-0.25, -0.2) is 4.98 Å². The number of nitrogens with zero attached hydrogens (tertiary/aromatic N) is 2. The summed E-state index contributed by atoms with van der Waals surface area (Å²) in [5.74, 6) is 2.66. The molecule has 5 heteroatoms. The Bertz CT molecular complexity index is 620. The van der Waals surface area contributed by atoms with Crippen LogP contribution in [0, 0.1) is 12.8 Å². The number of aryl methyl sites for hydroxylation is 2. The monoisotopic (exact) mass is 318 g/mol. The van der Waals surface area contributed by atoms with Crippen molar-refractivity contribution in [1.29, 1.82) is 0 Å². The minimum Gasteiger partial charge on any atom is -0.464 e. The molecule has 1 aliphatic rings. The average Bonchev–Trinajstić information content (AvgIpc) is 3.16. The van der Waals surface area contributed by atoms with Gasteiger partial charge in [-0.05, 0) is 44.2 Å². The lowest BCUT2D eigenvalue weighted by Gasteiger charge is -2.37. The first kappa shape index (κ1) is 15.3. The average molecular weight is 318 g/mol. The summed E-state index contributed by atoms with van der Waals surface area (Å²) in [4.78, 5) is 18.9. The van der Waals surface area contributed by atoms with Crippen molar-refractivity contribution in [3.05, 3.63) is 40.2 Å². The molecule has 2 aromatic heterocycles. The minimum atomic E-state index is 0.0837. The Morgan fingerprint density at radius 1 is 1.50 bits per heavy atom. The van der Waals surface area contributed by atoms with E-state index in [0.29, 0.717) is 12.3 Å². The molecule has 22 heavy (non-hydrogen) atoms. The molecule has 1 aliphatic heterocycles. The van der Waals surface area contributed by atoms with E-state index in [1.165, 1.54) is 0 Å². The maximum absolute atomic E-state index is 12.7. The van der Waals surface area contributed by atoms with E-state index in [-0.39, 0.29) is 11.9 Å². The highest BCUT2D eigenvalue weighted by atomic mass is 32.1. The zero-order valence-corrected chi connectivity index (χ0v) is 13.9. The lowest BCUT2D eigenvalue weighted by molar-refractivity contribution is -0.136. The van der Waals surface area contributed by atoms with Crippen LogP contribution in [0.25, 0.3) is 0 Å². The Morgan fingerprint density at radius 2 is 2.36 bits per heavy atom. The van der Waals surface area contributed by atoms with Crippen LogP contribution in [-0.4, -0.2) is 22.3 Å². The second kappa shape index (κ2) is 6.65. The fraction of sp³-hybridized carbons (Fsp3) is 0.529. The first-order valence-corrected chi connectivity index (χ1v) is 8.80. The fourth-order valence-corrected chi connectivity index (χ4v) is 3.67. The van der Waals surface area contributed by atoms with Crippen LogP contribution >= 0.6 is 11.3 Å². The number of aromatic nitrogens is 1. The van der Waals surface area contributed by atoms with E-state index < -0.39 is 0 Å². The van der Waals surface area contributed by atoms with E-state index in [2.05, 4.69) is 11.9 Å². The Labute approximate surface area is 135 Å². The number of amides is 1. The number of hydrogen-bond donors (Lipinski definition) is 0. The van der Waals surface area contributed by atoms with Gasteiger partial charge in [0.25, 0.3) is 0 Å². The van der Waals surface area contributed by atoms with Crippen molar-refractivity contribution >= 4 is 17.2 Å². The van der Waals surface area contributed by atoms with Crippen molar-refractivity contribution in [2.45, 2.75) is 45.6 Å². The first-order valence-electron chi connectivity index (χ1n) is 7.86. The number of furan rings is 1. The molecule has 2 aromatic rings. The Balaban J connectivity index is 1.70. The van der Waals surface area contributed by atoms with Crippen LogP contribution < -0.4 is 0 Å². The van der Waals surface area contributed by atoms with Crippen LogP contribution in [0.4, 0.5) is 0 Å². The molecule has 1 amide bonds. The zero-order chi connectivity index (χ0) is 15.5. The summed E-state index contributed by atoms with van der Waals surface area (Å²) < 4.78 is 5.80. The molecule has 0 saturated carbocycles.